The maximum atomic E-state index is 13.4. The molecule has 0 aromatic heterocycles. The molecule has 1 aromatic rings. The predicted molar refractivity (Wildman–Crippen MR) is 88.3 cm³/mol. The number of carbonyl (C=O) groups excluding carboxylic acids is 1. The minimum absolute atomic E-state index is 0.0622. The van der Waals surface area contributed by atoms with E-state index in [2.05, 4.69) is 21.2 Å². The molecule has 1 aromatic carbocycles. The van der Waals surface area contributed by atoms with Gasteiger partial charge in [-0.3, -0.25) is 0 Å². The Kier molecular flexibility index (Phi) is 4.84. The van der Waals surface area contributed by atoms with Crippen molar-refractivity contribution in [3.63, 3.8) is 0 Å². The number of benzene rings is 1. The van der Waals surface area contributed by atoms with Crippen molar-refractivity contribution in [2.24, 2.45) is 0 Å². The van der Waals surface area contributed by atoms with E-state index in [1.807, 2.05) is 20.8 Å². The van der Waals surface area contributed by atoms with Crippen LogP contribution in [0.5, 0.6) is 0 Å². The van der Waals surface area contributed by atoms with Gasteiger partial charge in [-0.15, -0.1) is 0 Å². The van der Waals surface area contributed by atoms with Gasteiger partial charge in [0.15, 0.2) is 0 Å². The number of nitrogen functional groups attached to an aromatic ring is 1. The molecule has 1 amide bonds. The summed E-state index contributed by atoms with van der Waals surface area (Å²) >= 11 is 3.14. The molecule has 7 heteroatoms. The molecule has 5 nitrogen and oxygen atoms in total. The molecule has 0 unspecified atom stereocenters. The van der Waals surface area contributed by atoms with Crippen LogP contribution in [0.4, 0.5) is 20.6 Å². The van der Waals surface area contributed by atoms with Crippen LogP contribution in [0, 0.1) is 5.82 Å². The molecule has 1 heterocycles. The van der Waals surface area contributed by atoms with E-state index in [0.29, 0.717) is 28.9 Å². The van der Waals surface area contributed by atoms with Gasteiger partial charge in [0.1, 0.15) is 11.4 Å². The second kappa shape index (κ2) is 6.32. The molecule has 1 aliphatic heterocycles. The second-order valence-electron chi connectivity index (χ2n) is 6.41. The topological polar surface area (TPSA) is 67.6 Å². The van der Waals surface area contributed by atoms with Crippen LogP contribution < -0.4 is 11.1 Å². The minimum Gasteiger partial charge on any atom is -0.444 e. The van der Waals surface area contributed by atoms with Crippen molar-refractivity contribution in [1.82, 2.24) is 4.90 Å². The Morgan fingerprint density at radius 1 is 1.50 bits per heavy atom. The van der Waals surface area contributed by atoms with E-state index in [-0.39, 0.29) is 12.1 Å². The summed E-state index contributed by atoms with van der Waals surface area (Å²) in [4.78, 5) is 13.7. The molecule has 122 valence electrons. The predicted octanol–water partition coefficient (Wildman–Crippen LogP) is 3.59. The van der Waals surface area contributed by atoms with Gasteiger partial charge in [0.25, 0.3) is 0 Å². The van der Waals surface area contributed by atoms with Crippen LogP contribution in [0.3, 0.4) is 0 Å². The number of hydrogen-bond acceptors (Lipinski definition) is 4. The number of likely N-dealkylation sites (tertiary alicyclic amines) is 1. The summed E-state index contributed by atoms with van der Waals surface area (Å²) in [5.74, 6) is -0.398. The molecule has 1 fully saturated rings. The number of hydrogen-bond donors (Lipinski definition) is 2. The fourth-order valence-corrected chi connectivity index (χ4v) is 2.62. The van der Waals surface area contributed by atoms with E-state index < -0.39 is 11.4 Å². The molecule has 0 aliphatic carbocycles. The number of anilines is 2. The Labute approximate surface area is 138 Å². The lowest BCUT2D eigenvalue weighted by Gasteiger charge is -2.24. The van der Waals surface area contributed by atoms with Crippen LogP contribution >= 0.6 is 15.9 Å². The van der Waals surface area contributed by atoms with Crippen LogP contribution in [0.2, 0.25) is 0 Å². The summed E-state index contributed by atoms with van der Waals surface area (Å²) in [5.41, 5.74) is 6.31. The molecule has 0 spiro atoms. The monoisotopic (exact) mass is 373 g/mol. The van der Waals surface area contributed by atoms with Gasteiger partial charge in [0.05, 0.1) is 15.8 Å². The molecule has 2 rings (SSSR count). The third kappa shape index (κ3) is 4.25. The van der Waals surface area contributed by atoms with Gasteiger partial charge in [-0.2, -0.15) is 0 Å². The van der Waals surface area contributed by atoms with Crippen molar-refractivity contribution in [3.05, 3.63) is 22.4 Å². The smallest absolute Gasteiger partial charge is 0.410 e. The first kappa shape index (κ1) is 16.9. The van der Waals surface area contributed by atoms with Crippen LogP contribution in [-0.4, -0.2) is 35.7 Å². The Balaban J connectivity index is 1.97. The maximum absolute atomic E-state index is 13.4. The number of nitrogens with one attached hydrogen (secondary N) is 1. The highest BCUT2D eigenvalue weighted by Crippen LogP contribution is 2.28. The second-order valence-corrected chi connectivity index (χ2v) is 7.26. The molecule has 1 saturated heterocycles. The highest BCUT2D eigenvalue weighted by molar-refractivity contribution is 9.10. The van der Waals surface area contributed by atoms with Crippen molar-refractivity contribution in [2.75, 3.05) is 24.1 Å². The van der Waals surface area contributed by atoms with Gasteiger partial charge in [-0.05, 0) is 49.2 Å². The number of carbonyl (C=O) groups is 1. The summed E-state index contributed by atoms with van der Waals surface area (Å²) in [6.07, 6.45) is 0.471. The fourth-order valence-electron chi connectivity index (χ4n) is 2.28. The van der Waals surface area contributed by atoms with E-state index in [1.54, 1.807) is 11.0 Å². The number of amides is 1. The van der Waals surface area contributed by atoms with E-state index in [9.17, 15) is 9.18 Å². The zero-order valence-electron chi connectivity index (χ0n) is 13.0. The molecular formula is C15H21BrFN3O2. The highest BCUT2D eigenvalue weighted by atomic mass is 79.9. The largest absolute Gasteiger partial charge is 0.444 e. The average Bonchev–Trinajstić information content (AvgIpc) is 2.82. The number of nitrogens with zero attached hydrogens (tertiary/aromatic N) is 1. The van der Waals surface area contributed by atoms with Crippen molar-refractivity contribution in [2.45, 2.75) is 38.8 Å². The lowest BCUT2D eigenvalue weighted by atomic mass is 10.2. The van der Waals surface area contributed by atoms with Gasteiger partial charge in [-0.1, -0.05) is 0 Å². The van der Waals surface area contributed by atoms with Gasteiger partial charge in [-0.25, -0.2) is 9.18 Å². The Bertz CT molecular complexity index is 575. The van der Waals surface area contributed by atoms with Crippen LogP contribution in [0.15, 0.2) is 16.6 Å². The van der Waals surface area contributed by atoms with Gasteiger partial charge < -0.3 is 20.7 Å². The standard InChI is InChI=1S/C15H21BrFN3O2/c1-15(2,3)22-14(21)20-5-4-9(8-20)19-13-6-10(16)11(17)7-12(13)18/h6-7,9,19H,4-5,8,18H2,1-3H3/t9-/m0/s1. The van der Waals surface area contributed by atoms with Gasteiger partial charge >= 0.3 is 6.09 Å². The first-order valence-electron chi connectivity index (χ1n) is 7.14. The normalized spacial score (nSPS) is 18.4. The van der Waals surface area contributed by atoms with Gasteiger partial charge in [0, 0.05) is 25.2 Å². The van der Waals surface area contributed by atoms with Crippen LogP contribution in [-0.2, 0) is 4.74 Å². The SMILES string of the molecule is CC(C)(C)OC(=O)N1CC[C@H](Nc2cc(Br)c(F)cc2N)C1. The highest BCUT2D eigenvalue weighted by Gasteiger charge is 2.30. The van der Waals surface area contributed by atoms with Crippen molar-refractivity contribution in [3.8, 4) is 0 Å². The molecule has 0 saturated carbocycles. The Morgan fingerprint density at radius 3 is 2.82 bits per heavy atom. The lowest BCUT2D eigenvalue weighted by molar-refractivity contribution is 0.0293. The quantitative estimate of drug-likeness (QED) is 0.777. The zero-order chi connectivity index (χ0) is 16.5. The number of rotatable bonds is 2. The van der Waals surface area contributed by atoms with Crippen LogP contribution in [0.25, 0.3) is 0 Å². The third-order valence-electron chi connectivity index (χ3n) is 3.29. The number of halogens is 2. The fraction of sp³-hybridized carbons (Fsp3) is 0.533. The first-order valence-corrected chi connectivity index (χ1v) is 7.94. The minimum atomic E-state index is -0.505. The zero-order valence-corrected chi connectivity index (χ0v) is 14.5. The van der Waals surface area contributed by atoms with E-state index >= 15 is 0 Å². The summed E-state index contributed by atoms with van der Waals surface area (Å²) in [6.45, 7) is 6.67. The molecular weight excluding hydrogens is 353 g/mol. The van der Waals surface area contributed by atoms with E-state index in [4.69, 9.17) is 10.5 Å². The van der Waals surface area contributed by atoms with Gasteiger partial charge in [0.2, 0.25) is 0 Å². The van der Waals surface area contributed by atoms with Crippen molar-refractivity contribution in [1.29, 1.82) is 0 Å². The molecule has 22 heavy (non-hydrogen) atoms. The summed E-state index contributed by atoms with van der Waals surface area (Å²) in [5, 5.41) is 3.25. The average molecular weight is 374 g/mol. The maximum Gasteiger partial charge on any atom is 0.410 e. The molecule has 1 atom stereocenters. The first-order chi connectivity index (χ1) is 10.2. The van der Waals surface area contributed by atoms with E-state index in [0.717, 1.165) is 6.42 Å². The van der Waals surface area contributed by atoms with Crippen molar-refractivity contribution >= 4 is 33.4 Å². The van der Waals surface area contributed by atoms with E-state index in [1.165, 1.54) is 6.07 Å². The lowest BCUT2D eigenvalue weighted by Crippen LogP contribution is -2.36. The molecule has 3 N–H and O–H groups in total. The number of ether oxygens (including phenoxy) is 1. The molecule has 1 aliphatic rings. The molecule has 0 bridgehead atoms. The Morgan fingerprint density at radius 2 is 2.18 bits per heavy atom. The number of nitrogens with two attached hydrogens (primary N) is 1. The third-order valence-corrected chi connectivity index (χ3v) is 3.90. The summed E-state index contributed by atoms with van der Waals surface area (Å²) < 4.78 is 19.1. The molecule has 0 radical (unpaired) electrons. The summed E-state index contributed by atoms with van der Waals surface area (Å²) in [7, 11) is 0. The van der Waals surface area contributed by atoms with Crippen molar-refractivity contribution < 1.29 is 13.9 Å². The van der Waals surface area contributed by atoms with Crippen LogP contribution in [0.1, 0.15) is 27.2 Å². The Hall–Kier alpha value is -1.50. The summed E-state index contributed by atoms with van der Waals surface area (Å²) in [6, 6.07) is 2.94.